The van der Waals surface area contributed by atoms with Gasteiger partial charge in [-0.2, -0.15) is 0 Å². The van der Waals surface area contributed by atoms with Gasteiger partial charge >= 0.3 is 0 Å². The SMILES string of the molecule is CCCCCCC=CCCCCCCCCCC[C@@H](O)CCCCCCCCC. The molecule has 0 saturated carbocycles. The molecule has 0 aliphatic heterocycles. The van der Waals surface area contributed by atoms with Gasteiger partial charge < -0.3 is 5.11 Å². The molecule has 0 amide bonds. The summed E-state index contributed by atoms with van der Waals surface area (Å²) in [5.41, 5.74) is 0. The predicted molar refractivity (Wildman–Crippen MR) is 133 cm³/mol. The Morgan fingerprint density at radius 2 is 0.759 bits per heavy atom. The van der Waals surface area contributed by atoms with Crippen LogP contribution in [0.3, 0.4) is 0 Å². The molecule has 1 N–H and O–H groups in total. The number of aliphatic hydroxyl groups is 1. The summed E-state index contributed by atoms with van der Waals surface area (Å²) in [4.78, 5) is 0. The van der Waals surface area contributed by atoms with Gasteiger partial charge in [0.25, 0.3) is 0 Å². The zero-order valence-corrected chi connectivity index (χ0v) is 20.4. The zero-order valence-electron chi connectivity index (χ0n) is 20.4. The highest BCUT2D eigenvalue weighted by Crippen LogP contribution is 2.15. The van der Waals surface area contributed by atoms with E-state index in [1.807, 2.05) is 0 Å². The first-order chi connectivity index (χ1) is 14.3. The molecule has 0 aromatic rings. The van der Waals surface area contributed by atoms with Crippen LogP contribution in [0.4, 0.5) is 0 Å². The minimum atomic E-state index is -0.0367. The monoisotopic (exact) mass is 408 g/mol. The normalized spacial score (nSPS) is 12.8. The molecule has 0 heterocycles. The molecule has 0 aromatic carbocycles. The third kappa shape index (κ3) is 25.7. The van der Waals surface area contributed by atoms with Crippen LogP contribution in [0.15, 0.2) is 12.2 Å². The molecule has 0 saturated heterocycles. The van der Waals surface area contributed by atoms with E-state index in [-0.39, 0.29) is 6.10 Å². The third-order valence-electron chi connectivity index (χ3n) is 6.19. The number of hydrogen-bond donors (Lipinski definition) is 1. The molecule has 0 fully saturated rings. The zero-order chi connectivity index (χ0) is 21.3. The van der Waals surface area contributed by atoms with Crippen LogP contribution in [0, 0.1) is 0 Å². The van der Waals surface area contributed by atoms with Crippen molar-refractivity contribution in [3.8, 4) is 0 Å². The molecule has 0 rings (SSSR count). The number of unbranched alkanes of at least 4 members (excludes halogenated alkanes) is 18. The lowest BCUT2D eigenvalue weighted by molar-refractivity contribution is 0.147. The van der Waals surface area contributed by atoms with Crippen LogP contribution >= 0.6 is 0 Å². The average molecular weight is 409 g/mol. The maximum Gasteiger partial charge on any atom is 0.0540 e. The van der Waals surface area contributed by atoms with Crippen LogP contribution in [0.25, 0.3) is 0 Å². The standard InChI is InChI=1S/C28H56O/c1-3-5-7-9-11-12-13-14-15-16-17-18-19-21-23-25-27-28(29)26-24-22-20-10-8-6-4-2/h12-13,28-29H,3-11,14-27H2,1-2H3/t28-/m0/s1. The second-order valence-electron chi connectivity index (χ2n) is 9.29. The van der Waals surface area contributed by atoms with E-state index < -0.39 is 0 Å². The maximum atomic E-state index is 10.1. The summed E-state index contributed by atoms with van der Waals surface area (Å²) < 4.78 is 0. The quantitative estimate of drug-likeness (QED) is 0.124. The molecule has 0 unspecified atom stereocenters. The first-order valence-corrected chi connectivity index (χ1v) is 13.6. The summed E-state index contributed by atoms with van der Waals surface area (Å²) in [7, 11) is 0. The van der Waals surface area contributed by atoms with Gasteiger partial charge in [0.2, 0.25) is 0 Å². The van der Waals surface area contributed by atoms with Crippen molar-refractivity contribution < 1.29 is 5.11 Å². The van der Waals surface area contributed by atoms with Gasteiger partial charge in [-0.25, -0.2) is 0 Å². The first kappa shape index (κ1) is 28.7. The van der Waals surface area contributed by atoms with Crippen molar-refractivity contribution in [3.63, 3.8) is 0 Å². The summed E-state index contributed by atoms with van der Waals surface area (Å²) >= 11 is 0. The van der Waals surface area contributed by atoms with E-state index in [4.69, 9.17) is 0 Å². The fraction of sp³-hybridized carbons (Fsp3) is 0.929. The molecular weight excluding hydrogens is 352 g/mol. The summed E-state index contributed by atoms with van der Waals surface area (Å²) in [6.07, 6.45) is 35.2. The van der Waals surface area contributed by atoms with E-state index >= 15 is 0 Å². The molecule has 174 valence electrons. The number of hydrogen-bond acceptors (Lipinski definition) is 1. The van der Waals surface area contributed by atoms with Crippen molar-refractivity contribution in [1.82, 2.24) is 0 Å². The molecule has 1 atom stereocenters. The molecule has 0 radical (unpaired) electrons. The Balaban J connectivity index is 3.16. The maximum absolute atomic E-state index is 10.1. The lowest BCUT2D eigenvalue weighted by Crippen LogP contribution is -2.05. The predicted octanol–water partition coefficient (Wildman–Crippen LogP) is 9.92. The fourth-order valence-corrected chi connectivity index (χ4v) is 4.11. The molecule has 0 aromatic heterocycles. The average Bonchev–Trinajstić information content (AvgIpc) is 2.72. The fourth-order valence-electron chi connectivity index (χ4n) is 4.11. The third-order valence-corrected chi connectivity index (χ3v) is 6.19. The molecule has 0 aliphatic rings. The number of rotatable bonds is 24. The highest BCUT2D eigenvalue weighted by Gasteiger charge is 2.03. The van der Waals surface area contributed by atoms with Crippen LogP contribution in [-0.2, 0) is 0 Å². The van der Waals surface area contributed by atoms with Crippen LogP contribution in [0.5, 0.6) is 0 Å². The summed E-state index contributed by atoms with van der Waals surface area (Å²) in [5.74, 6) is 0. The Hall–Kier alpha value is -0.300. The largest absolute Gasteiger partial charge is 0.393 e. The van der Waals surface area contributed by atoms with E-state index in [2.05, 4.69) is 26.0 Å². The minimum Gasteiger partial charge on any atom is -0.393 e. The molecule has 0 bridgehead atoms. The van der Waals surface area contributed by atoms with Crippen molar-refractivity contribution in [1.29, 1.82) is 0 Å². The number of aliphatic hydroxyl groups excluding tert-OH is 1. The Bertz CT molecular complexity index is 309. The van der Waals surface area contributed by atoms with Gasteiger partial charge in [0.15, 0.2) is 0 Å². The van der Waals surface area contributed by atoms with Crippen LogP contribution in [0.1, 0.15) is 162 Å². The van der Waals surface area contributed by atoms with Gasteiger partial charge in [-0.3, -0.25) is 0 Å². The second-order valence-corrected chi connectivity index (χ2v) is 9.29. The topological polar surface area (TPSA) is 20.2 Å². The Labute approximate surface area is 185 Å². The van der Waals surface area contributed by atoms with E-state index in [0.717, 1.165) is 12.8 Å². The Morgan fingerprint density at radius 3 is 1.17 bits per heavy atom. The lowest BCUT2D eigenvalue weighted by atomic mass is 10.0. The molecule has 0 spiro atoms. The number of allylic oxidation sites excluding steroid dienone is 2. The second kappa shape index (κ2) is 25.7. The van der Waals surface area contributed by atoms with E-state index in [0.29, 0.717) is 0 Å². The smallest absolute Gasteiger partial charge is 0.0540 e. The summed E-state index contributed by atoms with van der Waals surface area (Å²) in [6.45, 7) is 4.55. The van der Waals surface area contributed by atoms with Crippen molar-refractivity contribution >= 4 is 0 Å². The Kier molecular flexibility index (Phi) is 25.5. The van der Waals surface area contributed by atoms with Gasteiger partial charge in [0.05, 0.1) is 6.10 Å². The van der Waals surface area contributed by atoms with Crippen LogP contribution < -0.4 is 0 Å². The van der Waals surface area contributed by atoms with E-state index in [1.165, 1.54) is 135 Å². The van der Waals surface area contributed by atoms with Gasteiger partial charge in [-0.05, 0) is 38.5 Å². The molecular formula is C28H56O. The lowest BCUT2D eigenvalue weighted by Gasteiger charge is -2.10. The van der Waals surface area contributed by atoms with Crippen molar-refractivity contribution in [2.75, 3.05) is 0 Å². The van der Waals surface area contributed by atoms with Crippen LogP contribution in [-0.4, -0.2) is 11.2 Å². The first-order valence-electron chi connectivity index (χ1n) is 13.6. The van der Waals surface area contributed by atoms with Gasteiger partial charge in [-0.15, -0.1) is 0 Å². The highest BCUT2D eigenvalue weighted by molar-refractivity contribution is 4.81. The summed E-state index contributed by atoms with van der Waals surface area (Å²) in [5, 5.41) is 10.1. The van der Waals surface area contributed by atoms with E-state index in [9.17, 15) is 5.11 Å². The van der Waals surface area contributed by atoms with Gasteiger partial charge in [-0.1, -0.05) is 135 Å². The summed E-state index contributed by atoms with van der Waals surface area (Å²) in [6, 6.07) is 0. The van der Waals surface area contributed by atoms with E-state index in [1.54, 1.807) is 0 Å². The van der Waals surface area contributed by atoms with Crippen molar-refractivity contribution in [2.45, 2.75) is 168 Å². The molecule has 29 heavy (non-hydrogen) atoms. The molecule has 1 heteroatoms. The van der Waals surface area contributed by atoms with Crippen molar-refractivity contribution in [3.05, 3.63) is 12.2 Å². The van der Waals surface area contributed by atoms with Gasteiger partial charge in [0, 0.05) is 0 Å². The molecule has 1 nitrogen and oxygen atoms in total. The van der Waals surface area contributed by atoms with Crippen LogP contribution in [0.2, 0.25) is 0 Å². The molecule has 0 aliphatic carbocycles. The Morgan fingerprint density at radius 1 is 0.448 bits per heavy atom. The van der Waals surface area contributed by atoms with Gasteiger partial charge in [0.1, 0.15) is 0 Å². The minimum absolute atomic E-state index is 0.0367. The van der Waals surface area contributed by atoms with Crippen molar-refractivity contribution in [2.24, 2.45) is 0 Å². The highest BCUT2D eigenvalue weighted by atomic mass is 16.3.